The second-order valence-corrected chi connectivity index (χ2v) is 14.9. The number of benzene rings is 1. The number of nitrogens with one attached hydrogen (secondary N) is 2. The number of imide groups is 1. The van der Waals surface area contributed by atoms with Gasteiger partial charge in [0.25, 0.3) is 11.8 Å². The third kappa shape index (κ3) is 9.45. The van der Waals surface area contributed by atoms with Gasteiger partial charge in [-0.2, -0.15) is 13.2 Å². The molecule has 1 unspecified atom stereocenters. The minimum atomic E-state index is -4.67. The Morgan fingerprint density at radius 1 is 0.909 bits per heavy atom. The largest absolute Gasteiger partial charge is 0.489 e. The summed E-state index contributed by atoms with van der Waals surface area (Å²) in [5.74, 6) is 0.352. The van der Waals surface area contributed by atoms with Gasteiger partial charge in [0.05, 0.1) is 11.8 Å². The van der Waals surface area contributed by atoms with Crippen LogP contribution in [0.25, 0.3) is 5.65 Å². The maximum atomic E-state index is 13.2. The molecule has 3 aromatic heterocycles. The average molecular weight is 762 g/mol. The number of hydrogen-bond donors (Lipinski definition) is 2. The molecule has 0 spiro atoms. The van der Waals surface area contributed by atoms with Gasteiger partial charge in [0, 0.05) is 50.3 Å². The summed E-state index contributed by atoms with van der Waals surface area (Å²) in [5.41, 5.74) is 1.71. The lowest BCUT2D eigenvalue weighted by Gasteiger charge is -2.36. The van der Waals surface area contributed by atoms with Crippen molar-refractivity contribution in [2.75, 3.05) is 44.6 Å². The summed E-state index contributed by atoms with van der Waals surface area (Å²) < 4.78 is 53.3. The van der Waals surface area contributed by atoms with E-state index >= 15 is 0 Å². The lowest BCUT2D eigenvalue weighted by molar-refractivity contribution is -0.141. The van der Waals surface area contributed by atoms with Crippen LogP contribution in [-0.2, 0) is 15.8 Å². The topological polar surface area (TPSA) is 130 Å². The smallest absolute Gasteiger partial charge is 0.433 e. The molecule has 4 aromatic rings. The molecule has 3 amide bonds. The highest BCUT2D eigenvalue weighted by atomic mass is 19.4. The lowest BCUT2D eigenvalue weighted by atomic mass is 9.89. The Morgan fingerprint density at radius 2 is 1.58 bits per heavy atom. The highest BCUT2D eigenvalue weighted by Gasteiger charge is 2.33. The molecule has 12 nitrogen and oxygen atoms in total. The van der Waals surface area contributed by atoms with E-state index in [0.29, 0.717) is 35.2 Å². The Hall–Kier alpha value is -5.02. The number of halogens is 3. The Labute approximate surface area is 317 Å². The van der Waals surface area contributed by atoms with Crippen LogP contribution in [0.2, 0.25) is 0 Å². The molecule has 55 heavy (non-hydrogen) atoms. The summed E-state index contributed by atoms with van der Waals surface area (Å²) in [6.07, 6.45) is 2.90. The van der Waals surface area contributed by atoms with Gasteiger partial charge in [0.1, 0.15) is 34.2 Å². The number of alkyl halides is 3. The Bertz CT molecular complexity index is 2000. The van der Waals surface area contributed by atoms with Gasteiger partial charge < -0.3 is 29.0 Å². The first-order chi connectivity index (χ1) is 26.4. The number of ether oxygens (including phenoxy) is 2. The average Bonchev–Trinajstić information content (AvgIpc) is 3.58. The van der Waals surface area contributed by atoms with Gasteiger partial charge in [-0.3, -0.25) is 19.7 Å². The van der Waals surface area contributed by atoms with E-state index in [9.17, 15) is 27.6 Å². The molecule has 2 N–H and O–H groups in total. The van der Waals surface area contributed by atoms with Crippen molar-refractivity contribution in [1.29, 1.82) is 0 Å². The van der Waals surface area contributed by atoms with Crippen molar-refractivity contribution < 1.29 is 37.0 Å². The van der Waals surface area contributed by atoms with Crippen LogP contribution in [0.4, 0.5) is 18.9 Å². The molecule has 3 aliphatic rings. The summed E-state index contributed by atoms with van der Waals surface area (Å²) in [6, 6.07) is 13.0. The zero-order valence-electron chi connectivity index (χ0n) is 31.0. The maximum Gasteiger partial charge on any atom is 0.433 e. The third-order valence-electron chi connectivity index (χ3n) is 10.6. The summed E-state index contributed by atoms with van der Waals surface area (Å²) in [6.45, 7) is 9.74. The van der Waals surface area contributed by atoms with Crippen molar-refractivity contribution in [3.8, 4) is 11.5 Å². The first-order valence-electron chi connectivity index (χ1n) is 19.0. The van der Waals surface area contributed by atoms with Gasteiger partial charge >= 0.3 is 6.18 Å². The second-order valence-electron chi connectivity index (χ2n) is 14.9. The number of amides is 3. The van der Waals surface area contributed by atoms with Gasteiger partial charge in [-0.15, -0.1) is 0 Å². The number of piperidine rings is 3. The van der Waals surface area contributed by atoms with Gasteiger partial charge in [-0.25, -0.2) is 9.97 Å². The highest BCUT2D eigenvalue weighted by molar-refractivity contribution is 6.03. The number of aromatic nitrogens is 3. The normalized spacial score (nSPS) is 19.5. The van der Waals surface area contributed by atoms with E-state index in [2.05, 4.69) is 37.6 Å². The Balaban J connectivity index is 0.887. The second kappa shape index (κ2) is 16.4. The minimum Gasteiger partial charge on any atom is -0.489 e. The monoisotopic (exact) mass is 761 g/mol. The quantitative estimate of drug-likeness (QED) is 0.176. The van der Waals surface area contributed by atoms with Crippen LogP contribution in [0.1, 0.15) is 91.6 Å². The summed E-state index contributed by atoms with van der Waals surface area (Å²) in [5, 5.41) is 5.02. The third-order valence-corrected chi connectivity index (χ3v) is 10.6. The fourth-order valence-electron chi connectivity index (χ4n) is 7.58. The number of anilines is 1. The molecule has 6 heterocycles. The van der Waals surface area contributed by atoms with E-state index in [1.807, 2.05) is 36.6 Å². The van der Waals surface area contributed by atoms with Crippen LogP contribution in [0.5, 0.6) is 11.5 Å². The van der Waals surface area contributed by atoms with Crippen LogP contribution in [0.3, 0.4) is 0 Å². The van der Waals surface area contributed by atoms with Crippen LogP contribution >= 0.6 is 0 Å². The number of pyridine rings is 2. The summed E-state index contributed by atoms with van der Waals surface area (Å²) in [4.78, 5) is 49.9. The van der Waals surface area contributed by atoms with Crippen molar-refractivity contribution >= 4 is 29.1 Å². The predicted molar refractivity (Wildman–Crippen MR) is 198 cm³/mol. The first kappa shape index (κ1) is 38.3. The van der Waals surface area contributed by atoms with Crippen LogP contribution in [-0.4, -0.2) is 93.4 Å². The van der Waals surface area contributed by atoms with Gasteiger partial charge in [0.15, 0.2) is 6.10 Å². The number of carbonyl (C=O) groups is 3. The van der Waals surface area contributed by atoms with Crippen LogP contribution in [0, 0.1) is 0 Å². The molecule has 3 saturated heterocycles. The summed E-state index contributed by atoms with van der Waals surface area (Å²) in [7, 11) is 0. The van der Waals surface area contributed by atoms with Crippen molar-refractivity contribution in [1.82, 2.24) is 29.5 Å². The summed E-state index contributed by atoms with van der Waals surface area (Å²) >= 11 is 0. The van der Waals surface area contributed by atoms with Crippen molar-refractivity contribution in [3.05, 3.63) is 83.6 Å². The Morgan fingerprint density at radius 3 is 2.22 bits per heavy atom. The fraction of sp³-hybridized carbons (Fsp3) is 0.475. The number of imidazole rings is 1. The molecule has 0 aliphatic carbocycles. The zero-order valence-corrected chi connectivity index (χ0v) is 31.0. The van der Waals surface area contributed by atoms with E-state index < -0.39 is 23.9 Å². The standard InChI is InChI=1S/C40H46F3N7O5/c1-25(2)54-34-22-36-45-31(23-50(36)24-32(34)46-38(52)30-4-3-5-35(44-30)40(41,42)43)28-14-18-49(19-15-28)21-20-48-16-12-27(13-17-48)26-6-8-29(9-7-26)55-33-10-11-37(51)47-39(33)53/h3-9,22-25,27-28,33H,10-21H2,1-2H3,(H,46,52)(H,47,51,53). The van der Waals surface area contributed by atoms with Crippen molar-refractivity contribution in [3.63, 3.8) is 0 Å². The predicted octanol–water partition coefficient (Wildman–Crippen LogP) is 6.03. The minimum absolute atomic E-state index is 0.220. The Kier molecular flexibility index (Phi) is 11.4. The van der Waals surface area contributed by atoms with Gasteiger partial charge in [-0.05, 0) is 101 Å². The number of fused-ring (bicyclic) bond motifs is 1. The lowest BCUT2D eigenvalue weighted by Crippen LogP contribution is -2.46. The maximum absolute atomic E-state index is 13.2. The molecule has 3 fully saturated rings. The molecule has 7 rings (SSSR count). The van der Waals surface area contributed by atoms with E-state index in [1.165, 1.54) is 11.6 Å². The molecule has 292 valence electrons. The van der Waals surface area contributed by atoms with E-state index in [-0.39, 0.29) is 36.0 Å². The number of carbonyl (C=O) groups excluding carboxylic acids is 3. The number of hydrogen-bond acceptors (Lipinski definition) is 9. The van der Waals surface area contributed by atoms with Gasteiger partial charge in [0.2, 0.25) is 5.91 Å². The molecule has 1 atom stereocenters. The first-order valence-corrected chi connectivity index (χ1v) is 19.0. The van der Waals surface area contributed by atoms with E-state index in [0.717, 1.165) is 82.8 Å². The molecule has 3 aliphatic heterocycles. The van der Waals surface area contributed by atoms with E-state index in [1.54, 1.807) is 12.3 Å². The van der Waals surface area contributed by atoms with Crippen molar-refractivity contribution in [2.45, 2.75) is 82.6 Å². The number of nitrogens with zero attached hydrogens (tertiary/aromatic N) is 5. The number of rotatable bonds is 11. The molecular formula is C40H46F3N7O5. The van der Waals surface area contributed by atoms with Crippen LogP contribution < -0.4 is 20.1 Å². The van der Waals surface area contributed by atoms with E-state index in [4.69, 9.17) is 14.5 Å². The highest BCUT2D eigenvalue weighted by Crippen LogP contribution is 2.34. The molecule has 0 saturated carbocycles. The molecule has 15 heteroatoms. The van der Waals surface area contributed by atoms with Crippen molar-refractivity contribution in [2.24, 2.45) is 0 Å². The van der Waals surface area contributed by atoms with Crippen LogP contribution in [0.15, 0.2) is 60.9 Å². The molecule has 0 bridgehead atoms. The van der Waals surface area contributed by atoms with Gasteiger partial charge in [-0.1, -0.05) is 18.2 Å². The molecule has 0 radical (unpaired) electrons. The fourth-order valence-corrected chi connectivity index (χ4v) is 7.58. The molecule has 1 aromatic carbocycles. The number of likely N-dealkylation sites (tertiary alicyclic amines) is 2. The zero-order chi connectivity index (χ0) is 38.7. The SMILES string of the molecule is CC(C)Oc1cc2nc(C3CCN(CCN4CCC(c5ccc(OC6CCC(=O)NC6=O)cc5)CC4)CC3)cn2cc1NC(=O)c1cccc(C(F)(F)F)n1. The molecular weight excluding hydrogens is 715 g/mol.